The highest BCUT2D eigenvalue weighted by Gasteiger charge is 2.30. The molecule has 0 saturated carbocycles. The van der Waals surface area contributed by atoms with Crippen LogP contribution in [0.5, 0.6) is 0 Å². The second kappa shape index (κ2) is 7.31. The Bertz CT molecular complexity index is 370. The van der Waals surface area contributed by atoms with Gasteiger partial charge >= 0.3 is 0 Å². The summed E-state index contributed by atoms with van der Waals surface area (Å²) in [5.41, 5.74) is 5.85. The van der Waals surface area contributed by atoms with E-state index in [0.717, 1.165) is 19.3 Å². The van der Waals surface area contributed by atoms with E-state index in [9.17, 15) is 13.2 Å². The molecule has 1 aliphatic rings. The fourth-order valence-electron chi connectivity index (χ4n) is 2.19. The maximum Gasteiger partial charge on any atom is 0.238 e. The average Bonchev–Trinajstić information content (AvgIpc) is 2.28. The van der Waals surface area contributed by atoms with Gasteiger partial charge in [-0.2, -0.15) is 0 Å². The first-order chi connectivity index (χ1) is 7.87. The Morgan fingerprint density at radius 2 is 2.06 bits per heavy atom. The number of nitrogens with two attached hydrogens (primary N) is 1. The Balaban J connectivity index is 0.00000289. The van der Waals surface area contributed by atoms with Crippen LogP contribution in [0.3, 0.4) is 0 Å². The molecular formula is C11H23ClN2O3S. The van der Waals surface area contributed by atoms with Crippen molar-refractivity contribution in [2.24, 2.45) is 5.73 Å². The third-order valence-electron chi connectivity index (χ3n) is 3.26. The minimum atomic E-state index is -3.25. The zero-order valence-corrected chi connectivity index (χ0v) is 12.6. The Labute approximate surface area is 115 Å². The number of nitrogens with zero attached hydrogens (tertiary/aromatic N) is 1. The van der Waals surface area contributed by atoms with Gasteiger partial charge in [0.1, 0.15) is 5.75 Å². The van der Waals surface area contributed by atoms with Crippen molar-refractivity contribution in [1.82, 2.24) is 4.90 Å². The monoisotopic (exact) mass is 298 g/mol. The van der Waals surface area contributed by atoms with E-state index in [1.165, 1.54) is 0 Å². The van der Waals surface area contributed by atoms with Crippen molar-refractivity contribution in [3.63, 3.8) is 0 Å². The van der Waals surface area contributed by atoms with Crippen molar-refractivity contribution >= 4 is 28.2 Å². The van der Waals surface area contributed by atoms with E-state index < -0.39 is 9.84 Å². The first kappa shape index (κ1) is 17.7. The largest absolute Gasteiger partial charge is 0.337 e. The summed E-state index contributed by atoms with van der Waals surface area (Å²) in [6, 6.07) is -0.119. The number of likely N-dealkylation sites (tertiary alicyclic amines) is 1. The summed E-state index contributed by atoms with van der Waals surface area (Å²) in [6.07, 6.45) is 2.85. The number of hydrogen-bond acceptors (Lipinski definition) is 4. The van der Waals surface area contributed by atoms with Gasteiger partial charge in [-0.25, -0.2) is 8.42 Å². The number of piperidine rings is 1. The summed E-state index contributed by atoms with van der Waals surface area (Å²) >= 11 is 0. The van der Waals surface area contributed by atoms with Gasteiger partial charge in [-0.15, -0.1) is 12.4 Å². The molecule has 108 valence electrons. The lowest BCUT2D eigenvalue weighted by atomic mass is 9.97. The van der Waals surface area contributed by atoms with E-state index in [-0.39, 0.29) is 41.9 Å². The highest BCUT2D eigenvalue weighted by Crippen LogP contribution is 2.19. The number of carbonyl (C=O) groups excluding carboxylic acids is 1. The van der Waals surface area contributed by atoms with E-state index in [2.05, 4.69) is 0 Å². The van der Waals surface area contributed by atoms with Crippen molar-refractivity contribution in [3.05, 3.63) is 0 Å². The number of carbonyl (C=O) groups is 1. The summed E-state index contributed by atoms with van der Waals surface area (Å²) in [7, 11) is -3.25. The van der Waals surface area contributed by atoms with E-state index in [1.54, 1.807) is 11.8 Å². The van der Waals surface area contributed by atoms with E-state index in [1.807, 2.05) is 6.92 Å². The molecule has 18 heavy (non-hydrogen) atoms. The lowest BCUT2D eigenvalue weighted by molar-refractivity contribution is -0.132. The Morgan fingerprint density at radius 3 is 2.56 bits per heavy atom. The lowest BCUT2D eigenvalue weighted by Crippen LogP contribution is -2.53. The van der Waals surface area contributed by atoms with Crippen LogP contribution in [0.2, 0.25) is 0 Å². The highest BCUT2D eigenvalue weighted by atomic mass is 35.5. The van der Waals surface area contributed by atoms with Crippen molar-refractivity contribution < 1.29 is 13.2 Å². The first-order valence-electron chi connectivity index (χ1n) is 6.13. The normalized spacial score (nSPS) is 22.2. The van der Waals surface area contributed by atoms with Gasteiger partial charge in [0.2, 0.25) is 5.91 Å². The summed E-state index contributed by atoms with van der Waals surface area (Å²) in [6.45, 7) is 4.05. The van der Waals surface area contributed by atoms with Gasteiger partial charge in [-0.05, 0) is 26.2 Å². The fraction of sp³-hybridized carbons (Fsp3) is 0.909. The van der Waals surface area contributed by atoms with Crippen LogP contribution >= 0.6 is 12.4 Å². The standard InChI is InChI=1S/C11H22N2O3S.ClH/c1-3-17(15,16)8-11(14)13-7-5-4-6-10(13)9(2)12;/h9-10H,3-8,12H2,1-2H3;1H. The minimum Gasteiger partial charge on any atom is -0.337 e. The topological polar surface area (TPSA) is 80.5 Å². The summed E-state index contributed by atoms with van der Waals surface area (Å²) in [4.78, 5) is 13.6. The molecule has 0 spiro atoms. The second-order valence-electron chi connectivity index (χ2n) is 4.69. The molecule has 0 aliphatic carbocycles. The lowest BCUT2D eigenvalue weighted by Gasteiger charge is -2.38. The van der Waals surface area contributed by atoms with E-state index in [4.69, 9.17) is 5.73 Å². The maximum absolute atomic E-state index is 12.0. The molecule has 0 radical (unpaired) electrons. The minimum absolute atomic E-state index is 0. The van der Waals surface area contributed by atoms with Gasteiger partial charge < -0.3 is 10.6 Å². The molecule has 2 unspecified atom stereocenters. The summed E-state index contributed by atoms with van der Waals surface area (Å²) in [5, 5.41) is 0. The van der Waals surface area contributed by atoms with Gasteiger partial charge in [0, 0.05) is 24.4 Å². The second-order valence-corrected chi connectivity index (χ2v) is 7.04. The molecule has 1 amide bonds. The van der Waals surface area contributed by atoms with Crippen LogP contribution in [-0.4, -0.2) is 49.4 Å². The number of halogens is 1. The third-order valence-corrected chi connectivity index (χ3v) is 4.83. The number of hydrogen-bond donors (Lipinski definition) is 1. The fourth-order valence-corrected chi connectivity index (χ4v) is 2.93. The molecule has 1 heterocycles. The van der Waals surface area contributed by atoms with Gasteiger partial charge in [0.25, 0.3) is 0 Å². The summed E-state index contributed by atoms with van der Waals surface area (Å²) in [5.74, 6) is -0.670. The zero-order valence-electron chi connectivity index (χ0n) is 11.0. The molecule has 0 aromatic heterocycles. The van der Waals surface area contributed by atoms with Crippen LogP contribution in [0.4, 0.5) is 0 Å². The van der Waals surface area contributed by atoms with Crippen molar-refractivity contribution in [3.8, 4) is 0 Å². The van der Waals surface area contributed by atoms with Gasteiger partial charge in [0.15, 0.2) is 9.84 Å². The van der Waals surface area contributed by atoms with Crippen molar-refractivity contribution in [2.75, 3.05) is 18.1 Å². The SMILES string of the molecule is CCS(=O)(=O)CC(=O)N1CCCCC1C(C)N.Cl. The zero-order chi connectivity index (χ0) is 13.1. The molecule has 1 saturated heterocycles. The molecular weight excluding hydrogens is 276 g/mol. The predicted molar refractivity (Wildman–Crippen MR) is 74.6 cm³/mol. The quantitative estimate of drug-likeness (QED) is 0.823. The van der Waals surface area contributed by atoms with Crippen LogP contribution in [0.25, 0.3) is 0 Å². The third kappa shape index (κ3) is 4.74. The number of amides is 1. The summed E-state index contributed by atoms with van der Waals surface area (Å²) < 4.78 is 22.9. The molecule has 2 N–H and O–H groups in total. The molecule has 1 fully saturated rings. The van der Waals surface area contributed by atoms with Gasteiger partial charge in [0.05, 0.1) is 0 Å². The molecule has 1 aliphatic heterocycles. The smallest absolute Gasteiger partial charge is 0.238 e. The average molecular weight is 299 g/mol. The van der Waals surface area contributed by atoms with E-state index >= 15 is 0 Å². The maximum atomic E-state index is 12.0. The number of rotatable bonds is 4. The molecule has 0 aromatic carbocycles. The molecule has 0 bridgehead atoms. The van der Waals surface area contributed by atoms with Crippen LogP contribution in [0.1, 0.15) is 33.1 Å². The van der Waals surface area contributed by atoms with Crippen molar-refractivity contribution in [1.29, 1.82) is 0 Å². The van der Waals surface area contributed by atoms with Crippen LogP contribution < -0.4 is 5.73 Å². The van der Waals surface area contributed by atoms with Gasteiger partial charge in [-0.1, -0.05) is 6.92 Å². The highest BCUT2D eigenvalue weighted by molar-refractivity contribution is 7.92. The molecule has 5 nitrogen and oxygen atoms in total. The van der Waals surface area contributed by atoms with Crippen LogP contribution in [0.15, 0.2) is 0 Å². The van der Waals surface area contributed by atoms with Crippen LogP contribution in [0, 0.1) is 0 Å². The molecule has 2 atom stereocenters. The molecule has 7 heteroatoms. The molecule has 1 rings (SSSR count). The van der Waals surface area contributed by atoms with Crippen molar-refractivity contribution in [2.45, 2.75) is 45.2 Å². The number of sulfone groups is 1. The van der Waals surface area contributed by atoms with E-state index in [0.29, 0.717) is 6.54 Å². The van der Waals surface area contributed by atoms with Gasteiger partial charge in [-0.3, -0.25) is 4.79 Å². The predicted octanol–water partition coefficient (Wildman–Crippen LogP) is 0.571. The van der Waals surface area contributed by atoms with Crippen LogP contribution in [-0.2, 0) is 14.6 Å². The Hall–Kier alpha value is -0.330. The Kier molecular flexibility index (Phi) is 7.17. The Morgan fingerprint density at radius 1 is 1.44 bits per heavy atom. The first-order valence-corrected chi connectivity index (χ1v) is 7.95. The molecule has 0 aromatic rings.